The van der Waals surface area contributed by atoms with Crippen LogP contribution in [0.1, 0.15) is 96.8 Å². The van der Waals surface area contributed by atoms with Gasteiger partial charge < -0.3 is 9.16 Å². The standard InChI is InChI=1S/C24H47ClO3Si/c1-5-6-7-8-9-10-11-12-13-14-15-16-17-18-19-20-24(26)27-22-23(21-25)28-29(2,3)4/h12-13,23H,5-11,14-22H2,1-4H3/b13-12-/t23-/m1/s1. The smallest absolute Gasteiger partial charge is 0.305 e. The van der Waals surface area contributed by atoms with Crippen molar-refractivity contribution < 1.29 is 14.0 Å². The van der Waals surface area contributed by atoms with Gasteiger partial charge in [0.2, 0.25) is 0 Å². The fourth-order valence-corrected chi connectivity index (χ4v) is 4.62. The molecule has 5 heteroatoms. The number of halogens is 1. The maximum absolute atomic E-state index is 11.8. The molecule has 0 unspecified atom stereocenters. The van der Waals surface area contributed by atoms with E-state index in [9.17, 15) is 4.79 Å². The third-order valence-electron chi connectivity index (χ3n) is 4.77. The molecule has 0 aromatic carbocycles. The molecule has 0 aromatic heterocycles. The molecule has 29 heavy (non-hydrogen) atoms. The number of esters is 1. The largest absolute Gasteiger partial charge is 0.463 e. The van der Waals surface area contributed by atoms with E-state index >= 15 is 0 Å². The molecular formula is C24H47ClO3Si. The van der Waals surface area contributed by atoms with Crippen LogP contribution in [0.2, 0.25) is 19.6 Å². The molecule has 3 nitrogen and oxygen atoms in total. The summed E-state index contributed by atoms with van der Waals surface area (Å²) < 4.78 is 11.2. The zero-order valence-corrected chi connectivity index (χ0v) is 21.4. The quantitative estimate of drug-likeness (QED) is 0.0623. The zero-order chi connectivity index (χ0) is 21.8. The molecule has 0 radical (unpaired) electrons. The van der Waals surface area contributed by atoms with Crippen LogP contribution < -0.4 is 0 Å². The van der Waals surface area contributed by atoms with Crippen LogP contribution in [0.4, 0.5) is 0 Å². The van der Waals surface area contributed by atoms with Gasteiger partial charge in [-0.1, -0.05) is 70.4 Å². The highest BCUT2D eigenvalue weighted by atomic mass is 35.5. The summed E-state index contributed by atoms with van der Waals surface area (Å²) >= 11 is 5.90. The Morgan fingerprint density at radius 1 is 0.862 bits per heavy atom. The van der Waals surface area contributed by atoms with Gasteiger partial charge in [0.15, 0.2) is 8.32 Å². The molecule has 0 rings (SSSR count). The summed E-state index contributed by atoms with van der Waals surface area (Å²) in [4.78, 5) is 11.8. The molecule has 0 saturated heterocycles. The Morgan fingerprint density at radius 2 is 1.38 bits per heavy atom. The minimum atomic E-state index is -1.66. The van der Waals surface area contributed by atoms with E-state index in [4.69, 9.17) is 20.8 Å². The van der Waals surface area contributed by atoms with E-state index in [0.717, 1.165) is 12.8 Å². The Bertz CT molecular complexity index is 407. The van der Waals surface area contributed by atoms with Gasteiger partial charge in [-0.05, 0) is 51.7 Å². The highest BCUT2D eigenvalue weighted by Crippen LogP contribution is 2.12. The minimum Gasteiger partial charge on any atom is -0.463 e. The van der Waals surface area contributed by atoms with Gasteiger partial charge in [0.1, 0.15) is 6.61 Å². The molecule has 0 heterocycles. The summed E-state index contributed by atoms with van der Waals surface area (Å²) in [6.07, 6.45) is 21.4. The van der Waals surface area contributed by atoms with Crippen molar-refractivity contribution in [3.63, 3.8) is 0 Å². The molecule has 172 valence electrons. The second-order valence-corrected chi connectivity index (χ2v) is 13.8. The van der Waals surface area contributed by atoms with E-state index in [1.807, 2.05) is 0 Å². The summed E-state index contributed by atoms with van der Waals surface area (Å²) in [6, 6.07) is 0. The molecular weight excluding hydrogens is 400 g/mol. The van der Waals surface area contributed by atoms with Crippen molar-refractivity contribution in [2.75, 3.05) is 12.5 Å². The van der Waals surface area contributed by atoms with Crippen LogP contribution in [-0.4, -0.2) is 32.9 Å². The van der Waals surface area contributed by atoms with Crippen molar-refractivity contribution in [3.8, 4) is 0 Å². The fourth-order valence-electron chi connectivity index (χ4n) is 3.21. The van der Waals surface area contributed by atoms with Gasteiger partial charge in [0.25, 0.3) is 0 Å². The molecule has 0 aromatic rings. The third kappa shape index (κ3) is 22.2. The lowest BCUT2D eigenvalue weighted by Crippen LogP contribution is -2.36. The van der Waals surface area contributed by atoms with Gasteiger partial charge in [-0.25, -0.2) is 0 Å². The third-order valence-corrected chi connectivity index (χ3v) is 6.15. The summed E-state index contributed by atoms with van der Waals surface area (Å²) in [5, 5.41) is 0. The van der Waals surface area contributed by atoms with Crippen LogP contribution in [0.3, 0.4) is 0 Å². The number of hydrogen-bond donors (Lipinski definition) is 0. The molecule has 0 saturated carbocycles. The number of allylic oxidation sites excluding steroid dienone is 2. The molecule has 0 aliphatic carbocycles. The number of hydrogen-bond acceptors (Lipinski definition) is 3. The van der Waals surface area contributed by atoms with Crippen molar-refractivity contribution in [2.45, 2.75) is 123 Å². The van der Waals surface area contributed by atoms with Crippen molar-refractivity contribution >= 4 is 25.9 Å². The van der Waals surface area contributed by atoms with E-state index < -0.39 is 8.32 Å². The average molecular weight is 447 g/mol. The first-order chi connectivity index (χ1) is 13.9. The van der Waals surface area contributed by atoms with E-state index in [2.05, 4.69) is 38.7 Å². The lowest BCUT2D eigenvalue weighted by atomic mass is 10.1. The second-order valence-electron chi connectivity index (χ2n) is 9.02. The highest BCUT2D eigenvalue weighted by molar-refractivity contribution is 6.69. The summed E-state index contributed by atoms with van der Waals surface area (Å²) in [5.74, 6) is 0.238. The van der Waals surface area contributed by atoms with E-state index in [1.54, 1.807) is 0 Å². The van der Waals surface area contributed by atoms with Crippen LogP contribution in [0.15, 0.2) is 12.2 Å². The first-order valence-corrected chi connectivity index (χ1v) is 15.9. The van der Waals surface area contributed by atoms with Gasteiger partial charge >= 0.3 is 5.97 Å². The molecule has 0 N–H and O–H groups in total. The highest BCUT2D eigenvalue weighted by Gasteiger charge is 2.21. The zero-order valence-electron chi connectivity index (χ0n) is 19.6. The normalized spacial score (nSPS) is 13.1. The Hall–Kier alpha value is -0.323. The Balaban J connectivity index is 3.45. The summed E-state index contributed by atoms with van der Waals surface area (Å²) in [6.45, 7) is 8.87. The van der Waals surface area contributed by atoms with Crippen molar-refractivity contribution in [3.05, 3.63) is 12.2 Å². The van der Waals surface area contributed by atoms with Crippen LogP contribution in [0.5, 0.6) is 0 Å². The first-order valence-electron chi connectivity index (χ1n) is 11.9. The van der Waals surface area contributed by atoms with Crippen molar-refractivity contribution in [1.82, 2.24) is 0 Å². The second kappa shape index (κ2) is 19.6. The minimum absolute atomic E-state index is 0.128. The fraction of sp³-hybridized carbons (Fsp3) is 0.875. The number of unbranched alkanes of at least 4 members (excludes halogenated alkanes) is 11. The van der Waals surface area contributed by atoms with Crippen LogP contribution in [0, 0.1) is 0 Å². The Kier molecular flexibility index (Phi) is 19.4. The topological polar surface area (TPSA) is 35.5 Å². The number of ether oxygens (including phenoxy) is 1. The number of rotatable bonds is 20. The molecule has 0 spiro atoms. The van der Waals surface area contributed by atoms with Gasteiger partial charge in [0.05, 0.1) is 12.0 Å². The molecule has 0 aliphatic rings. The molecule has 0 aliphatic heterocycles. The maximum Gasteiger partial charge on any atom is 0.305 e. The summed E-state index contributed by atoms with van der Waals surface area (Å²) in [5.41, 5.74) is 0. The maximum atomic E-state index is 11.8. The summed E-state index contributed by atoms with van der Waals surface area (Å²) in [7, 11) is -1.66. The lowest BCUT2D eigenvalue weighted by molar-refractivity contribution is -0.146. The Labute approximate surface area is 187 Å². The predicted molar refractivity (Wildman–Crippen MR) is 129 cm³/mol. The van der Waals surface area contributed by atoms with Crippen molar-refractivity contribution in [1.29, 1.82) is 0 Å². The average Bonchev–Trinajstić information content (AvgIpc) is 2.67. The van der Waals surface area contributed by atoms with Gasteiger partial charge in [-0.3, -0.25) is 4.79 Å². The molecule has 1 atom stereocenters. The van der Waals surface area contributed by atoms with E-state index in [1.165, 1.54) is 70.6 Å². The monoisotopic (exact) mass is 446 g/mol. The van der Waals surface area contributed by atoms with Gasteiger partial charge in [-0.15, -0.1) is 11.6 Å². The molecule has 0 amide bonds. The SMILES string of the molecule is CCCCCCCC/C=C\CCCCCCCC(=O)OC[C@@H](CCl)O[Si](C)(C)C. The predicted octanol–water partition coefficient (Wildman–Crippen LogP) is 8.03. The first kappa shape index (κ1) is 28.7. The van der Waals surface area contributed by atoms with E-state index in [-0.39, 0.29) is 18.7 Å². The van der Waals surface area contributed by atoms with Crippen molar-refractivity contribution in [2.24, 2.45) is 0 Å². The molecule has 0 fully saturated rings. The number of alkyl halides is 1. The van der Waals surface area contributed by atoms with Gasteiger partial charge in [0, 0.05) is 6.42 Å². The molecule has 0 bridgehead atoms. The number of carbonyl (C=O) groups is 1. The van der Waals surface area contributed by atoms with Gasteiger partial charge in [-0.2, -0.15) is 0 Å². The Morgan fingerprint density at radius 3 is 1.90 bits per heavy atom. The lowest BCUT2D eigenvalue weighted by Gasteiger charge is -2.24. The van der Waals surface area contributed by atoms with E-state index in [0.29, 0.717) is 12.3 Å². The van der Waals surface area contributed by atoms with Crippen LogP contribution in [0.25, 0.3) is 0 Å². The van der Waals surface area contributed by atoms with Crippen LogP contribution in [-0.2, 0) is 14.0 Å². The number of carbonyl (C=O) groups excluding carboxylic acids is 1. The van der Waals surface area contributed by atoms with Crippen LogP contribution >= 0.6 is 11.6 Å².